The molecule has 208 valence electrons. The summed E-state index contributed by atoms with van der Waals surface area (Å²) in [6, 6.07) is 9.21. The first-order valence-electron chi connectivity index (χ1n) is 12.8. The van der Waals surface area contributed by atoms with Crippen LogP contribution in [0.5, 0.6) is 5.75 Å². The summed E-state index contributed by atoms with van der Waals surface area (Å²) in [6.07, 6.45) is 4.69. The van der Waals surface area contributed by atoms with Gasteiger partial charge in [0.2, 0.25) is 5.91 Å². The highest BCUT2D eigenvalue weighted by Crippen LogP contribution is 2.31. The molecular formula is C27H30N8O5. The number of likely N-dealkylation sites (N-methyl/N-ethyl adjacent to an activating group) is 1. The molecule has 0 saturated carbocycles. The normalized spacial score (nSPS) is 13.9. The van der Waals surface area contributed by atoms with Crippen molar-refractivity contribution in [3.05, 3.63) is 66.0 Å². The molecule has 0 unspecified atom stereocenters. The average Bonchev–Trinajstić information content (AvgIpc) is 3.65. The molecule has 4 heterocycles. The maximum Gasteiger partial charge on any atom is 0.253 e. The summed E-state index contributed by atoms with van der Waals surface area (Å²) in [6.45, 7) is 2.45. The largest absolute Gasteiger partial charge is 0.494 e. The molecule has 1 fully saturated rings. The van der Waals surface area contributed by atoms with E-state index in [1.807, 2.05) is 40.1 Å². The zero-order valence-electron chi connectivity index (χ0n) is 22.3. The van der Waals surface area contributed by atoms with Crippen LogP contribution in [0.4, 0.5) is 0 Å². The molecule has 5 rings (SSSR count). The van der Waals surface area contributed by atoms with E-state index in [1.165, 1.54) is 25.2 Å². The van der Waals surface area contributed by atoms with Gasteiger partial charge in [-0.15, -0.1) is 5.10 Å². The van der Waals surface area contributed by atoms with E-state index in [-0.39, 0.29) is 37.4 Å². The van der Waals surface area contributed by atoms with Crippen molar-refractivity contribution in [1.29, 1.82) is 0 Å². The Kier molecular flexibility index (Phi) is 8.12. The van der Waals surface area contributed by atoms with E-state index in [0.29, 0.717) is 65.6 Å². The third kappa shape index (κ3) is 5.70. The summed E-state index contributed by atoms with van der Waals surface area (Å²) < 4.78 is 12.3. The Hall–Kier alpha value is -4.62. The number of aromatic amines is 1. The lowest BCUT2D eigenvalue weighted by atomic mass is 10.1. The Balaban J connectivity index is 1.28. The van der Waals surface area contributed by atoms with Gasteiger partial charge in [0.15, 0.2) is 17.4 Å². The van der Waals surface area contributed by atoms with Crippen LogP contribution in [0.2, 0.25) is 0 Å². The third-order valence-corrected chi connectivity index (χ3v) is 6.72. The maximum absolute atomic E-state index is 13.4. The van der Waals surface area contributed by atoms with Crippen molar-refractivity contribution in [3.8, 4) is 11.6 Å². The van der Waals surface area contributed by atoms with E-state index in [0.717, 1.165) is 0 Å². The van der Waals surface area contributed by atoms with Crippen molar-refractivity contribution in [2.45, 2.75) is 6.61 Å². The number of carbonyl (C=O) groups excluding carboxylic acids is 3. The van der Waals surface area contributed by atoms with Gasteiger partial charge < -0.3 is 24.7 Å². The first-order chi connectivity index (χ1) is 19.5. The number of carbonyl (C=O) groups is 3. The molecule has 2 amide bonds. The molecule has 1 aliphatic rings. The van der Waals surface area contributed by atoms with Gasteiger partial charge in [0, 0.05) is 50.6 Å². The Morgan fingerprint density at radius 1 is 1.07 bits per heavy atom. The Morgan fingerprint density at radius 3 is 2.58 bits per heavy atom. The van der Waals surface area contributed by atoms with Crippen molar-refractivity contribution < 1.29 is 23.9 Å². The number of Topliss-reactive ketones (excluding diaryl/α,β-unsaturated/α-hetero) is 1. The van der Waals surface area contributed by atoms with Crippen molar-refractivity contribution >= 4 is 28.5 Å². The van der Waals surface area contributed by atoms with E-state index in [2.05, 4.69) is 25.4 Å². The number of hydrogen-bond acceptors (Lipinski definition) is 9. The zero-order valence-corrected chi connectivity index (χ0v) is 22.3. The van der Waals surface area contributed by atoms with E-state index in [9.17, 15) is 14.4 Å². The summed E-state index contributed by atoms with van der Waals surface area (Å²) in [4.78, 5) is 53.3. The van der Waals surface area contributed by atoms with Gasteiger partial charge in [0.05, 0.1) is 30.8 Å². The van der Waals surface area contributed by atoms with Gasteiger partial charge in [0.25, 0.3) is 5.91 Å². The minimum Gasteiger partial charge on any atom is -0.494 e. The molecule has 2 N–H and O–H groups in total. The van der Waals surface area contributed by atoms with Gasteiger partial charge >= 0.3 is 0 Å². The molecule has 0 radical (unpaired) electrons. The number of rotatable bonds is 10. The number of piperazine rings is 1. The fourth-order valence-electron chi connectivity index (χ4n) is 4.59. The number of nitrogens with one attached hydrogen (secondary N) is 2. The highest BCUT2D eigenvalue weighted by atomic mass is 16.5. The lowest BCUT2D eigenvalue weighted by Crippen LogP contribution is -2.49. The lowest BCUT2D eigenvalue weighted by Gasteiger charge is -2.34. The summed E-state index contributed by atoms with van der Waals surface area (Å²) in [5.74, 6) is 0.948. The molecule has 0 atom stereocenters. The van der Waals surface area contributed by atoms with Crippen LogP contribution in [-0.4, -0.2) is 106 Å². The molecular weight excluding hydrogens is 516 g/mol. The van der Waals surface area contributed by atoms with Gasteiger partial charge in [0.1, 0.15) is 25.3 Å². The number of hydrogen-bond donors (Lipinski definition) is 2. The number of nitrogens with zero attached hydrogens (tertiary/aromatic N) is 6. The highest BCUT2D eigenvalue weighted by Gasteiger charge is 2.26. The minimum atomic E-state index is -0.246. The van der Waals surface area contributed by atoms with Crippen molar-refractivity contribution in [2.75, 3.05) is 53.5 Å². The molecule has 40 heavy (non-hydrogen) atoms. The first-order valence-corrected chi connectivity index (χ1v) is 12.8. The van der Waals surface area contributed by atoms with Gasteiger partial charge in [-0.3, -0.25) is 19.3 Å². The van der Waals surface area contributed by atoms with Gasteiger partial charge in [-0.25, -0.2) is 14.6 Å². The monoisotopic (exact) mass is 546 g/mol. The number of methoxy groups -OCH3 is 1. The first kappa shape index (κ1) is 27.0. The minimum absolute atomic E-state index is 0.00209. The molecule has 1 saturated heterocycles. The molecule has 0 spiro atoms. The van der Waals surface area contributed by atoms with Gasteiger partial charge in [-0.1, -0.05) is 18.2 Å². The van der Waals surface area contributed by atoms with Crippen LogP contribution in [-0.2, 0) is 16.1 Å². The number of amides is 2. The Labute approximate surface area is 230 Å². The van der Waals surface area contributed by atoms with Crippen LogP contribution < -0.4 is 10.1 Å². The van der Waals surface area contributed by atoms with E-state index >= 15 is 0 Å². The average molecular weight is 547 g/mol. The number of H-pyrrole nitrogens is 1. The van der Waals surface area contributed by atoms with Crippen LogP contribution >= 0.6 is 0 Å². The topological polar surface area (TPSA) is 148 Å². The van der Waals surface area contributed by atoms with Crippen LogP contribution in [0, 0.1) is 0 Å². The Bertz CT molecular complexity index is 1510. The predicted octanol–water partition coefficient (Wildman–Crippen LogP) is 1.06. The van der Waals surface area contributed by atoms with Crippen molar-refractivity contribution in [3.63, 3.8) is 0 Å². The fourth-order valence-corrected chi connectivity index (χ4v) is 4.59. The number of ether oxygens (including phenoxy) is 2. The summed E-state index contributed by atoms with van der Waals surface area (Å²) in [7, 11) is 3.06. The van der Waals surface area contributed by atoms with E-state index < -0.39 is 0 Å². The third-order valence-electron chi connectivity index (χ3n) is 6.72. The SMILES string of the molecule is CNC(=O)COCc1ncn(-c2ncc(OC)c3c(C(=O)CN4CCN(C(=O)c5ccccc5)CC4)c[nH]c23)n1. The molecule has 13 nitrogen and oxygen atoms in total. The quantitative estimate of drug-likeness (QED) is 0.279. The zero-order chi connectivity index (χ0) is 28.1. The van der Waals surface area contributed by atoms with Crippen LogP contribution in [0.3, 0.4) is 0 Å². The lowest BCUT2D eigenvalue weighted by molar-refractivity contribution is -0.125. The Morgan fingerprint density at radius 2 is 1.85 bits per heavy atom. The molecule has 4 aromatic rings. The van der Waals surface area contributed by atoms with Gasteiger partial charge in [-0.2, -0.15) is 0 Å². The second-order valence-corrected chi connectivity index (χ2v) is 9.23. The van der Waals surface area contributed by atoms with Crippen LogP contribution in [0.1, 0.15) is 26.5 Å². The number of fused-ring (bicyclic) bond motifs is 1. The van der Waals surface area contributed by atoms with Gasteiger partial charge in [-0.05, 0) is 12.1 Å². The number of ketones is 1. The molecule has 0 aliphatic carbocycles. The number of benzene rings is 1. The molecule has 0 bridgehead atoms. The summed E-state index contributed by atoms with van der Waals surface area (Å²) in [5.41, 5.74) is 1.72. The van der Waals surface area contributed by atoms with Crippen LogP contribution in [0.25, 0.3) is 16.7 Å². The number of pyridine rings is 1. The second kappa shape index (κ2) is 12.1. The molecule has 1 aromatic carbocycles. The summed E-state index contributed by atoms with van der Waals surface area (Å²) in [5, 5.41) is 7.48. The van der Waals surface area contributed by atoms with Crippen molar-refractivity contribution in [2.24, 2.45) is 0 Å². The molecule has 1 aliphatic heterocycles. The smallest absolute Gasteiger partial charge is 0.253 e. The number of aromatic nitrogens is 5. The fraction of sp³-hybridized carbons (Fsp3) is 0.333. The summed E-state index contributed by atoms with van der Waals surface area (Å²) >= 11 is 0. The van der Waals surface area contributed by atoms with E-state index in [1.54, 1.807) is 12.4 Å². The van der Waals surface area contributed by atoms with Crippen LogP contribution in [0.15, 0.2) is 49.1 Å². The molecule has 3 aromatic heterocycles. The molecule has 13 heteroatoms. The second-order valence-electron chi connectivity index (χ2n) is 9.23. The predicted molar refractivity (Wildman–Crippen MR) is 144 cm³/mol. The van der Waals surface area contributed by atoms with Crippen molar-refractivity contribution in [1.82, 2.24) is 39.8 Å². The maximum atomic E-state index is 13.4. The highest BCUT2D eigenvalue weighted by molar-refractivity contribution is 6.12. The van der Waals surface area contributed by atoms with E-state index in [4.69, 9.17) is 9.47 Å². The standard InChI is InChI=1S/C27H30N8O5/c1-28-23(37)16-40-15-22-31-17-35(32-22)26-25-24(21(39-2)13-30-26)19(12-29-25)20(36)14-33-8-10-34(11-9-33)27(38)18-6-4-3-5-7-18/h3-7,12-13,17,29H,8-11,14-16H2,1-2H3,(H,28,37).